The topological polar surface area (TPSA) is 55.4 Å². The molecule has 1 heterocycles. The van der Waals surface area contributed by atoms with Crippen molar-refractivity contribution in [1.29, 1.82) is 0 Å². The molecular weight excluding hydrogens is 370 g/mol. The molecule has 1 atom stereocenters. The second kappa shape index (κ2) is 13.2. The normalized spacial score (nSPS) is 18.8. The van der Waals surface area contributed by atoms with Gasteiger partial charge >= 0.3 is 0 Å². The first-order chi connectivity index (χ1) is 13.6. The molecule has 0 spiro atoms. The fraction of sp³-hybridized carbons (Fsp3) is 0.739. The Balaban J connectivity index is 1.49. The lowest BCUT2D eigenvalue weighted by molar-refractivity contribution is 0.304. The molecule has 0 radical (unpaired) electrons. The van der Waals surface area contributed by atoms with Gasteiger partial charge in [0.15, 0.2) is 0 Å². The lowest BCUT2D eigenvalue weighted by atomic mass is 9.96. The largest absolute Gasteiger partial charge is 0.494 e. The predicted octanol–water partition coefficient (Wildman–Crippen LogP) is 5.78. The molecule has 1 aliphatic rings. The number of rotatable bonds is 14. The van der Waals surface area contributed by atoms with Crippen molar-refractivity contribution in [2.75, 3.05) is 18.9 Å². The van der Waals surface area contributed by atoms with Gasteiger partial charge in [-0.25, -0.2) is 13.1 Å². The van der Waals surface area contributed by atoms with Crippen LogP contribution in [0, 0.1) is 0 Å². The zero-order valence-corrected chi connectivity index (χ0v) is 18.4. The summed E-state index contributed by atoms with van der Waals surface area (Å²) in [6.07, 6.45) is 15.5. The van der Waals surface area contributed by atoms with E-state index in [1.807, 2.05) is 12.1 Å². The van der Waals surface area contributed by atoms with Crippen LogP contribution in [0.25, 0.3) is 0 Å². The van der Waals surface area contributed by atoms with E-state index in [-0.39, 0.29) is 11.7 Å². The van der Waals surface area contributed by atoms with Crippen molar-refractivity contribution >= 4 is 10.0 Å². The lowest BCUT2D eigenvalue weighted by Gasteiger charge is -2.23. The molecule has 1 aromatic carbocycles. The first-order valence-electron chi connectivity index (χ1n) is 11.3. The minimum absolute atomic E-state index is 0.217. The van der Waals surface area contributed by atoms with Crippen LogP contribution in [0.2, 0.25) is 0 Å². The summed E-state index contributed by atoms with van der Waals surface area (Å²) < 4.78 is 31.4. The molecule has 1 aliphatic heterocycles. The SMILES string of the molecule is CCCCCCCCCCCCCOc1ccc(C2CCS(=O)(=O)NC2)cc1. The van der Waals surface area contributed by atoms with Gasteiger partial charge in [0.1, 0.15) is 5.75 Å². The first kappa shape index (κ1) is 23.2. The monoisotopic (exact) mass is 409 g/mol. The van der Waals surface area contributed by atoms with Gasteiger partial charge in [-0.2, -0.15) is 0 Å². The van der Waals surface area contributed by atoms with E-state index in [0.717, 1.165) is 18.8 Å². The van der Waals surface area contributed by atoms with E-state index in [0.29, 0.717) is 13.0 Å². The molecule has 2 rings (SSSR count). The van der Waals surface area contributed by atoms with Crippen LogP contribution in [-0.4, -0.2) is 27.3 Å². The van der Waals surface area contributed by atoms with Crippen LogP contribution in [0.4, 0.5) is 0 Å². The van der Waals surface area contributed by atoms with Crippen molar-refractivity contribution in [3.63, 3.8) is 0 Å². The van der Waals surface area contributed by atoms with Gasteiger partial charge in [-0.05, 0) is 36.5 Å². The smallest absolute Gasteiger partial charge is 0.211 e. The fourth-order valence-electron chi connectivity index (χ4n) is 3.78. The van der Waals surface area contributed by atoms with Gasteiger partial charge < -0.3 is 4.74 Å². The van der Waals surface area contributed by atoms with Gasteiger partial charge in [-0.15, -0.1) is 0 Å². The van der Waals surface area contributed by atoms with Gasteiger partial charge in [0.2, 0.25) is 10.0 Å². The minimum Gasteiger partial charge on any atom is -0.494 e. The number of benzene rings is 1. The van der Waals surface area contributed by atoms with Crippen molar-refractivity contribution in [2.45, 2.75) is 89.9 Å². The molecule has 4 nitrogen and oxygen atoms in total. The molecule has 1 saturated heterocycles. The number of hydrogen-bond acceptors (Lipinski definition) is 3. The summed E-state index contributed by atoms with van der Waals surface area (Å²) in [6.45, 7) is 3.55. The van der Waals surface area contributed by atoms with Crippen LogP contribution in [0.5, 0.6) is 5.75 Å². The summed E-state index contributed by atoms with van der Waals surface area (Å²) in [5, 5.41) is 0. The molecule has 28 heavy (non-hydrogen) atoms. The molecule has 1 fully saturated rings. The highest BCUT2D eigenvalue weighted by molar-refractivity contribution is 7.89. The zero-order valence-electron chi connectivity index (χ0n) is 17.6. The molecule has 0 saturated carbocycles. The third kappa shape index (κ3) is 9.42. The molecule has 160 valence electrons. The number of unbranched alkanes of at least 4 members (excludes halogenated alkanes) is 10. The zero-order chi connectivity index (χ0) is 20.1. The Bertz CT molecular complexity index is 614. The van der Waals surface area contributed by atoms with E-state index in [1.54, 1.807) is 0 Å². The molecule has 0 bridgehead atoms. The van der Waals surface area contributed by atoms with Gasteiger partial charge in [0.05, 0.1) is 12.4 Å². The van der Waals surface area contributed by atoms with E-state index in [2.05, 4.69) is 23.8 Å². The standard InChI is InChI=1S/C23H39NO3S/c1-2-3-4-5-6-7-8-9-10-11-12-18-27-23-15-13-21(14-16-23)22-17-19-28(25,26)24-20-22/h13-16,22,24H,2-12,17-20H2,1H3. The number of sulfonamides is 1. The van der Waals surface area contributed by atoms with Crippen LogP contribution in [0.15, 0.2) is 24.3 Å². The predicted molar refractivity (Wildman–Crippen MR) is 118 cm³/mol. The molecule has 0 aromatic heterocycles. The van der Waals surface area contributed by atoms with Crippen molar-refractivity contribution in [2.24, 2.45) is 0 Å². The summed E-state index contributed by atoms with van der Waals surface area (Å²) in [7, 11) is -3.04. The summed E-state index contributed by atoms with van der Waals surface area (Å²) in [4.78, 5) is 0. The van der Waals surface area contributed by atoms with E-state index in [1.165, 1.54) is 69.8 Å². The molecule has 0 aliphatic carbocycles. The van der Waals surface area contributed by atoms with Gasteiger partial charge in [-0.1, -0.05) is 83.3 Å². The van der Waals surface area contributed by atoms with Crippen molar-refractivity contribution in [1.82, 2.24) is 4.72 Å². The van der Waals surface area contributed by atoms with Crippen molar-refractivity contribution in [3.05, 3.63) is 29.8 Å². The summed E-state index contributed by atoms with van der Waals surface area (Å²) in [6, 6.07) is 8.16. The van der Waals surface area contributed by atoms with Crippen LogP contribution < -0.4 is 9.46 Å². The fourth-order valence-corrected chi connectivity index (χ4v) is 4.97. The summed E-state index contributed by atoms with van der Waals surface area (Å²) in [5.41, 5.74) is 1.18. The molecule has 1 aromatic rings. The molecule has 5 heteroatoms. The quantitative estimate of drug-likeness (QED) is 0.396. The van der Waals surface area contributed by atoms with Gasteiger partial charge in [0, 0.05) is 6.54 Å². The average Bonchev–Trinajstić information content (AvgIpc) is 2.69. The number of nitrogens with one attached hydrogen (secondary N) is 1. The second-order valence-corrected chi connectivity index (χ2v) is 10.0. The van der Waals surface area contributed by atoms with E-state index in [9.17, 15) is 8.42 Å². The molecule has 1 N–H and O–H groups in total. The Morgan fingerprint density at radius 2 is 1.46 bits per heavy atom. The Morgan fingerprint density at radius 3 is 2.00 bits per heavy atom. The lowest BCUT2D eigenvalue weighted by Crippen LogP contribution is -2.36. The van der Waals surface area contributed by atoms with Gasteiger partial charge in [0.25, 0.3) is 0 Å². The van der Waals surface area contributed by atoms with Crippen LogP contribution >= 0.6 is 0 Å². The van der Waals surface area contributed by atoms with Crippen LogP contribution in [0.1, 0.15) is 95.5 Å². The maximum Gasteiger partial charge on any atom is 0.211 e. The van der Waals surface area contributed by atoms with E-state index >= 15 is 0 Å². The Kier molecular flexibility index (Phi) is 10.9. The molecular formula is C23H39NO3S. The third-order valence-corrected chi connectivity index (χ3v) is 7.03. The Morgan fingerprint density at radius 1 is 0.893 bits per heavy atom. The molecule has 1 unspecified atom stereocenters. The van der Waals surface area contributed by atoms with Crippen LogP contribution in [0.3, 0.4) is 0 Å². The summed E-state index contributed by atoms with van der Waals surface area (Å²) >= 11 is 0. The van der Waals surface area contributed by atoms with Gasteiger partial charge in [-0.3, -0.25) is 0 Å². The number of ether oxygens (including phenoxy) is 1. The Hall–Kier alpha value is -1.07. The highest BCUT2D eigenvalue weighted by Gasteiger charge is 2.23. The minimum atomic E-state index is -3.04. The number of hydrogen-bond donors (Lipinski definition) is 1. The third-order valence-electron chi connectivity index (χ3n) is 5.65. The van der Waals surface area contributed by atoms with E-state index in [4.69, 9.17) is 4.74 Å². The maximum atomic E-state index is 11.4. The van der Waals surface area contributed by atoms with Crippen LogP contribution in [-0.2, 0) is 10.0 Å². The highest BCUT2D eigenvalue weighted by atomic mass is 32.2. The molecule has 0 amide bonds. The highest BCUT2D eigenvalue weighted by Crippen LogP contribution is 2.25. The summed E-state index contributed by atoms with van der Waals surface area (Å²) in [5.74, 6) is 1.39. The van der Waals surface area contributed by atoms with E-state index < -0.39 is 10.0 Å². The second-order valence-electron chi connectivity index (χ2n) is 8.11. The first-order valence-corrected chi connectivity index (χ1v) is 13.0. The maximum absolute atomic E-state index is 11.4. The van der Waals surface area contributed by atoms with Crippen molar-refractivity contribution < 1.29 is 13.2 Å². The Labute approximate surface area is 172 Å². The average molecular weight is 410 g/mol. The van der Waals surface area contributed by atoms with Crippen molar-refractivity contribution in [3.8, 4) is 5.75 Å².